The van der Waals surface area contributed by atoms with Gasteiger partial charge in [0.2, 0.25) is 5.91 Å². The van der Waals surface area contributed by atoms with Crippen molar-refractivity contribution in [3.8, 4) is 0 Å². The summed E-state index contributed by atoms with van der Waals surface area (Å²) in [6.07, 6.45) is 2.60. The van der Waals surface area contributed by atoms with Crippen molar-refractivity contribution in [2.75, 3.05) is 12.3 Å². The Morgan fingerprint density at radius 2 is 2.41 bits per heavy atom. The Kier molecular flexibility index (Phi) is 4.15. The molecule has 3 unspecified atom stereocenters. The lowest BCUT2D eigenvalue weighted by Crippen LogP contribution is -2.37. The van der Waals surface area contributed by atoms with E-state index >= 15 is 0 Å². The largest absolute Gasteiger partial charge is 0.356 e. The van der Waals surface area contributed by atoms with Gasteiger partial charge in [-0.1, -0.05) is 0 Å². The van der Waals surface area contributed by atoms with Crippen molar-refractivity contribution >= 4 is 23.6 Å². The molecule has 0 spiro atoms. The minimum absolute atomic E-state index is 0.150. The van der Waals surface area contributed by atoms with Gasteiger partial charge in [0.15, 0.2) is 5.96 Å². The third kappa shape index (κ3) is 3.06. The van der Waals surface area contributed by atoms with Crippen LogP contribution in [-0.2, 0) is 4.79 Å². The summed E-state index contributed by atoms with van der Waals surface area (Å²) in [5, 5.41) is 17.2. The van der Waals surface area contributed by atoms with Gasteiger partial charge in [-0.05, 0) is 19.8 Å². The molecule has 0 radical (unpaired) electrons. The average Bonchev–Trinajstić information content (AvgIpc) is 2.79. The number of rotatable bonds is 5. The molecule has 2 rings (SSSR count). The quantitative estimate of drug-likeness (QED) is 0.569. The predicted octanol–water partition coefficient (Wildman–Crippen LogP) is 0.273. The molecule has 96 valence electrons. The third-order valence-electron chi connectivity index (χ3n) is 3.23. The molecule has 0 aromatic carbocycles. The number of hydrogen-bond donors (Lipinski definition) is 4. The summed E-state index contributed by atoms with van der Waals surface area (Å²) < 4.78 is 0. The Morgan fingerprint density at radius 3 is 3.18 bits per heavy atom. The van der Waals surface area contributed by atoms with Crippen molar-refractivity contribution in [1.29, 1.82) is 5.41 Å². The van der Waals surface area contributed by atoms with Gasteiger partial charge < -0.3 is 16.0 Å². The van der Waals surface area contributed by atoms with E-state index in [0.29, 0.717) is 36.3 Å². The zero-order chi connectivity index (χ0) is 12.3. The zero-order valence-corrected chi connectivity index (χ0v) is 10.9. The summed E-state index contributed by atoms with van der Waals surface area (Å²) in [5.74, 6) is 1.66. The SMILES string of the molecule is CCNC(=O)CCCC1SCC2NC(=N)NC21. The molecule has 17 heavy (non-hydrogen) atoms. The number of hydrogen-bond acceptors (Lipinski definition) is 3. The first kappa shape index (κ1) is 12.5. The molecule has 4 N–H and O–H groups in total. The van der Waals surface area contributed by atoms with E-state index in [1.807, 2.05) is 18.7 Å². The fourth-order valence-electron chi connectivity index (χ4n) is 2.42. The first-order chi connectivity index (χ1) is 8.20. The molecule has 5 nitrogen and oxygen atoms in total. The summed E-state index contributed by atoms with van der Waals surface area (Å²) in [6.45, 7) is 2.65. The highest BCUT2D eigenvalue weighted by Gasteiger charge is 2.41. The fraction of sp³-hybridized carbons (Fsp3) is 0.818. The standard InChI is InChI=1S/C11H20N4OS/c1-2-13-9(16)5-3-4-8-10-7(6-17-8)14-11(12)15-10/h7-8,10H,2-6H2,1H3,(H,13,16)(H3,12,14,15). The fourth-order valence-corrected chi connectivity index (χ4v) is 3.97. The zero-order valence-electron chi connectivity index (χ0n) is 10.1. The van der Waals surface area contributed by atoms with E-state index in [-0.39, 0.29) is 5.91 Å². The lowest BCUT2D eigenvalue weighted by Gasteiger charge is -2.16. The molecule has 2 fully saturated rings. The van der Waals surface area contributed by atoms with Gasteiger partial charge in [-0.3, -0.25) is 10.2 Å². The number of amides is 1. The Labute approximate surface area is 106 Å². The van der Waals surface area contributed by atoms with Gasteiger partial charge in [-0.15, -0.1) is 0 Å². The molecule has 0 bridgehead atoms. The molecule has 3 atom stereocenters. The second kappa shape index (κ2) is 5.62. The van der Waals surface area contributed by atoms with Crippen molar-refractivity contribution < 1.29 is 4.79 Å². The molecule has 2 saturated heterocycles. The smallest absolute Gasteiger partial charge is 0.219 e. The molecule has 1 amide bonds. The monoisotopic (exact) mass is 256 g/mol. The normalized spacial score (nSPS) is 30.6. The van der Waals surface area contributed by atoms with Crippen molar-refractivity contribution in [1.82, 2.24) is 16.0 Å². The van der Waals surface area contributed by atoms with Gasteiger partial charge in [-0.25, -0.2) is 0 Å². The molecule has 2 aliphatic rings. The third-order valence-corrected chi connectivity index (χ3v) is 4.74. The van der Waals surface area contributed by atoms with E-state index in [2.05, 4.69) is 16.0 Å². The maximum absolute atomic E-state index is 11.3. The first-order valence-corrected chi connectivity index (χ1v) is 7.25. The summed E-state index contributed by atoms with van der Waals surface area (Å²) in [7, 11) is 0. The molecule has 0 aromatic heterocycles. The van der Waals surface area contributed by atoms with Crippen molar-refractivity contribution in [2.24, 2.45) is 0 Å². The summed E-state index contributed by atoms with van der Waals surface area (Å²) in [5.41, 5.74) is 0. The van der Waals surface area contributed by atoms with Gasteiger partial charge in [-0.2, -0.15) is 11.8 Å². The minimum atomic E-state index is 0.150. The van der Waals surface area contributed by atoms with Crippen molar-refractivity contribution in [3.05, 3.63) is 0 Å². The van der Waals surface area contributed by atoms with Crippen LogP contribution in [0.3, 0.4) is 0 Å². The van der Waals surface area contributed by atoms with E-state index in [9.17, 15) is 4.79 Å². The van der Waals surface area contributed by atoms with Crippen LogP contribution in [0.4, 0.5) is 0 Å². The second-order valence-corrected chi connectivity index (χ2v) is 5.79. The van der Waals surface area contributed by atoms with Crippen LogP contribution in [0.5, 0.6) is 0 Å². The van der Waals surface area contributed by atoms with Crippen LogP contribution in [0.25, 0.3) is 0 Å². The van der Waals surface area contributed by atoms with Gasteiger partial charge in [0.25, 0.3) is 0 Å². The lowest BCUT2D eigenvalue weighted by atomic mass is 10.0. The predicted molar refractivity (Wildman–Crippen MR) is 70.4 cm³/mol. The molecule has 0 saturated carbocycles. The van der Waals surface area contributed by atoms with Crippen LogP contribution in [0, 0.1) is 5.41 Å². The lowest BCUT2D eigenvalue weighted by molar-refractivity contribution is -0.121. The van der Waals surface area contributed by atoms with E-state index in [1.165, 1.54) is 0 Å². The van der Waals surface area contributed by atoms with Crippen LogP contribution < -0.4 is 16.0 Å². The van der Waals surface area contributed by atoms with Crippen LogP contribution in [0.2, 0.25) is 0 Å². The highest BCUT2D eigenvalue weighted by atomic mass is 32.2. The minimum Gasteiger partial charge on any atom is -0.356 e. The molecule has 2 heterocycles. The molecule has 2 aliphatic heterocycles. The number of carbonyl (C=O) groups excluding carboxylic acids is 1. The number of fused-ring (bicyclic) bond motifs is 1. The maximum atomic E-state index is 11.3. The van der Waals surface area contributed by atoms with Gasteiger partial charge in [0, 0.05) is 24.0 Å². The average molecular weight is 256 g/mol. The summed E-state index contributed by atoms with van der Waals surface area (Å²) in [4.78, 5) is 11.3. The molecule has 0 aliphatic carbocycles. The van der Waals surface area contributed by atoms with Gasteiger partial charge in [0.05, 0.1) is 12.1 Å². The van der Waals surface area contributed by atoms with Gasteiger partial charge in [0.1, 0.15) is 0 Å². The number of thioether (sulfide) groups is 1. The Balaban J connectivity index is 1.70. The van der Waals surface area contributed by atoms with Crippen LogP contribution in [0.1, 0.15) is 26.2 Å². The molecule has 0 aromatic rings. The topological polar surface area (TPSA) is 77.0 Å². The molecular formula is C11H20N4OS. The van der Waals surface area contributed by atoms with E-state index in [1.54, 1.807) is 0 Å². The Hall–Kier alpha value is -0.910. The Morgan fingerprint density at radius 1 is 1.59 bits per heavy atom. The highest BCUT2D eigenvalue weighted by molar-refractivity contribution is 8.00. The number of nitrogens with one attached hydrogen (secondary N) is 4. The van der Waals surface area contributed by atoms with Crippen molar-refractivity contribution in [2.45, 2.75) is 43.5 Å². The van der Waals surface area contributed by atoms with E-state index in [0.717, 1.165) is 18.6 Å². The second-order valence-electron chi connectivity index (χ2n) is 4.51. The number of carbonyl (C=O) groups is 1. The summed E-state index contributed by atoms with van der Waals surface area (Å²) >= 11 is 1.95. The van der Waals surface area contributed by atoms with Crippen LogP contribution >= 0.6 is 11.8 Å². The highest BCUT2D eigenvalue weighted by Crippen LogP contribution is 2.32. The summed E-state index contributed by atoms with van der Waals surface area (Å²) in [6, 6.07) is 0.781. The molecular weight excluding hydrogens is 236 g/mol. The van der Waals surface area contributed by atoms with Crippen molar-refractivity contribution in [3.63, 3.8) is 0 Å². The van der Waals surface area contributed by atoms with Crippen LogP contribution in [0.15, 0.2) is 0 Å². The number of guanidine groups is 1. The van der Waals surface area contributed by atoms with E-state index in [4.69, 9.17) is 5.41 Å². The van der Waals surface area contributed by atoms with E-state index < -0.39 is 0 Å². The van der Waals surface area contributed by atoms with Crippen LogP contribution in [-0.4, -0.2) is 41.5 Å². The maximum Gasteiger partial charge on any atom is 0.219 e. The first-order valence-electron chi connectivity index (χ1n) is 6.20. The van der Waals surface area contributed by atoms with Gasteiger partial charge >= 0.3 is 0 Å². The molecule has 6 heteroatoms. The Bertz CT molecular complexity index is 310.